The molecule has 0 saturated heterocycles. The van der Waals surface area contributed by atoms with Crippen molar-refractivity contribution in [1.29, 1.82) is 0 Å². The van der Waals surface area contributed by atoms with Crippen LogP contribution in [0.2, 0.25) is 0 Å². The third kappa shape index (κ3) is 1.68. The second kappa shape index (κ2) is 3.21. The molecule has 0 aliphatic heterocycles. The van der Waals surface area contributed by atoms with Gasteiger partial charge in [0, 0.05) is 6.04 Å². The molecule has 0 bridgehead atoms. The van der Waals surface area contributed by atoms with Crippen LogP contribution in [0.15, 0.2) is 0 Å². The Morgan fingerprint density at radius 1 is 1.33 bits per heavy atom. The lowest BCUT2D eigenvalue weighted by Crippen LogP contribution is -2.32. The Kier molecular flexibility index (Phi) is 2.52. The van der Waals surface area contributed by atoms with Gasteiger partial charge in [0.25, 0.3) is 0 Å². The van der Waals surface area contributed by atoms with Gasteiger partial charge in [0.15, 0.2) is 0 Å². The minimum absolute atomic E-state index is 0.517. The van der Waals surface area contributed by atoms with Gasteiger partial charge < -0.3 is 5.73 Å². The summed E-state index contributed by atoms with van der Waals surface area (Å²) < 4.78 is 0. The maximum atomic E-state index is 5.89. The Balaban J connectivity index is 2.30. The Morgan fingerprint density at radius 2 is 2.00 bits per heavy atom. The first kappa shape index (κ1) is 7.07. The summed E-state index contributed by atoms with van der Waals surface area (Å²) in [6, 6.07) is 0.517. The van der Waals surface area contributed by atoms with Gasteiger partial charge in [-0.2, -0.15) is 0 Å². The molecular formula is C8H17N. The van der Waals surface area contributed by atoms with Crippen molar-refractivity contribution < 1.29 is 0 Å². The molecule has 0 amide bonds. The van der Waals surface area contributed by atoms with E-state index in [1.807, 2.05) is 0 Å². The predicted octanol–water partition coefficient (Wildman–Crippen LogP) is 1.91. The zero-order valence-corrected chi connectivity index (χ0v) is 6.27. The maximum absolute atomic E-state index is 5.89. The number of rotatable bonds is 1. The van der Waals surface area contributed by atoms with Crippen LogP contribution >= 0.6 is 0 Å². The molecule has 2 atom stereocenters. The van der Waals surface area contributed by atoms with Crippen molar-refractivity contribution in [3.63, 3.8) is 0 Å². The van der Waals surface area contributed by atoms with Crippen LogP contribution in [-0.2, 0) is 0 Å². The smallest absolute Gasteiger partial charge is 0.00670 e. The molecule has 1 rings (SSSR count). The van der Waals surface area contributed by atoms with E-state index in [9.17, 15) is 0 Å². The summed E-state index contributed by atoms with van der Waals surface area (Å²) in [5, 5.41) is 0. The molecule has 1 fully saturated rings. The molecule has 0 heterocycles. The number of nitrogens with two attached hydrogens (primary N) is 1. The fourth-order valence-electron chi connectivity index (χ4n) is 1.74. The molecule has 2 N–H and O–H groups in total. The van der Waals surface area contributed by atoms with E-state index in [2.05, 4.69) is 6.92 Å². The highest BCUT2D eigenvalue weighted by Gasteiger charge is 2.18. The van der Waals surface area contributed by atoms with Crippen LogP contribution in [0.5, 0.6) is 0 Å². The summed E-state index contributed by atoms with van der Waals surface area (Å²) in [4.78, 5) is 0. The zero-order chi connectivity index (χ0) is 6.69. The van der Waals surface area contributed by atoms with Gasteiger partial charge in [-0.15, -0.1) is 0 Å². The molecule has 0 spiro atoms. The van der Waals surface area contributed by atoms with Gasteiger partial charge in [-0.3, -0.25) is 0 Å². The van der Waals surface area contributed by atoms with E-state index in [-0.39, 0.29) is 0 Å². The van der Waals surface area contributed by atoms with Gasteiger partial charge in [0.1, 0.15) is 0 Å². The van der Waals surface area contributed by atoms with E-state index in [0.717, 1.165) is 5.92 Å². The topological polar surface area (TPSA) is 26.0 Å². The minimum Gasteiger partial charge on any atom is -0.327 e. The van der Waals surface area contributed by atoms with Gasteiger partial charge >= 0.3 is 0 Å². The fraction of sp³-hybridized carbons (Fsp3) is 1.00. The molecule has 1 nitrogen and oxygen atoms in total. The van der Waals surface area contributed by atoms with Gasteiger partial charge in [-0.05, 0) is 18.8 Å². The molecule has 1 aliphatic carbocycles. The third-order valence-corrected chi connectivity index (χ3v) is 2.49. The van der Waals surface area contributed by atoms with E-state index < -0.39 is 0 Å². The van der Waals surface area contributed by atoms with Gasteiger partial charge in [0.05, 0.1) is 0 Å². The maximum Gasteiger partial charge on any atom is 0.00670 e. The lowest BCUT2D eigenvalue weighted by atomic mass is 9.84. The van der Waals surface area contributed by atoms with E-state index in [4.69, 9.17) is 5.73 Å². The Morgan fingerprint density at radius 3 is 2.44 bits per heavy atom. The fourth-order valence-corrected chi connectivity index (χ4v) is 1.74. The van der Waals surface area contributed by atoms with E-state index in [1.165, 1.54) is 32.1 Å². The summed E-state index contributed by atoms with van der Waals surface area (Å²) in [5.41, 5.74) is 5.89. The zero-order valence-electron chi connectivity index (χ0n) is 6.27. The molecule has 0 aromatic carbocycles. The molecule has 1 heteroatoms. The van der Waals surface area contributed by atoms with Gasteiger partial charge in [-0.25, -0.2) is 0 Å². The molecule has 0 radical (unpaired) electrons. The summed E-state index contributed by atoms with van der Waals surface area (Å²) in [6.45, 7) is 2.25. The highest BCUT2D eigenvalue weighted by molar-refractivity contribution is 4.76. The largest absolute Gasteiger partial charge is 0.327 e. The molecule has 9 heavy (non-hydrogen) atoms. The number of hydrogen-bond acceptors (Lipinski definition) is 1. The Labute approximate surface area is 57.6 Å². The number of hydrogen-bond donors (Lipinski definition) is 1. The average molecular weight is 127 g/mol. The van der Waals surface area contributed by atoms with Crippen LogP contribution in [0.1, 0.15) is 39.0 Å². The lowest BCUT2D eigenvalue weighted by Gasteiger charge is -2.27. The summed E-state index contributed by atoms with van der Waals surface area (Å²) in [5.74, 6) is 0.832. The van der Waals surface area contributed by atoms with Crippen molar-refractivity contribution in [1.82, 2.24) is 0 Å². The predicted molar refractivity (Wildman–Crippen MR) is 40.2 cm³/mol. The van der Waals surface area contributed by atoms with Crippen molar-refractivity contribution in [2.24, 2.45) is 11.7 Å². The van der Waals surface area contributed by atoms with Crippen molar-refractivity contribution in [3.8, 4) is 0 Å². The first-order valence-corrected chi connectivity index (χ1v) is 4.10. The van der Waals surface area contributed by atoms with E-state index >= 15 is 0 Å². The highest BCUT2D eigenvalue weighted by atomic mass is 14.7. The SMILES string of the molecule is CC[C@@H]1CCCC[C@H]1N. The third-order valence-electron chi connectivity index (χ3n) is 2.49. The Hall–Kier alpha value is -0.0400. The molecule has 0 unspecified atom stereocenters. The second-order valence-corrected chi connectivity index (χ2v) is 3.12. The van der Waals surface area contributed by atoms with Crippen LogP contribution in [-0.4, -0.2) is 6.04 Å². The van der Waals surface area contributed by atoms with Crippen LogP contribution in [0.25, 0.3) is 0 Å². The van der Waals surface area contributed by atoms with Gasteiger partial charge in [-0.1, -0.05) is 26.2 Å². The average Bonchev–Trinajstić information content (AvgIpc) is 1.89. The van der Waals surface area contributed by atoms with Crippen LogP contribution in [0, 0.1) is 5.92 Å². The lowest BCUT2D eigenvalue weighted by molar-refractivity contribution is 0.300. The molecule has 1 aliphatic rings. The monoisotopic (exact) mass is 127 g/mol. The first-order chi connectivity index (χ1) is 4.34. The molecule has 1 saturated carbocycles. The first-order valence-electron chi connectivity index (χ1n) is 4.10. The Bertz CT molecular complexity index is 80.6. The van der Waals surface area contributed by atoms with Crippen molar-refractivity contribution in [3.05, 3.63) is 0 Å². The van der Waals surface area contributed by atoms with Crippen molar-refractivity contribution >= 4 is 0 Å². The van der Waals surface area contributed by atoms with Crippen LogP contribution in [0.4, 0.5) is 0 Å². The summed E-state index contributed by atoms with van der Waals surface area (Å²) in [6.07, 6.45) is 6.68. The van der Waals surface area contributed by atoms with E-state index in [1.54, 1.807) is 0 Å². The van der Waals surface area contributed by atoms with Crippen LogP contribution < -0.4 is 5.73 Å². The van der Waals surface area contributed by atoms with Gasteiger partial charge in [0.2, 0.25) is 0 Å². The minimum atomic E-state index is 0.517. The molecule has 0 aromatic rings. The molecule has 0 aromatic heterocycles. The van der Waals surface area contributed by atoms with Crippen LogP contribution in [0.3, 0.4) is 0 Å². The second-order valence-electron chi connectivity index (χ2n) is 3.12. The summed E-state index contributed by atoms with van der Waals surface area (Å²) >= 11 is 0. The normalized spacial score (nSPS) is 36.7. The summed E-state index contributed by atoms with van der Waals surface area (Å²) in [7, 11) is 0. The molecular weight excluding hydrogens is 110 g/mol. The van der Waals surface area contributed by atoms with Crippen molar-refractivity contribution in [2.75, 3.05) is 0 Å². The standard InChI is InChI=1S/C8H17N/c1-2-7-5-3-4-6-8(7)9/h7-8H,2-6,9H2,1H3/t7-,8-/m1/s1. The van der Waals surface area contributed by atoms with E-state index in [0.29, 0.717) is 6.04 Å². The highest BCUT2D eigenvalue weighted by Crippen LogP contribution is 2.24. The molecule has 54 valence electrons. The quantitative estimate of drug-likeness (QED) is 0.572. The van der Waals surface area contributed by atoms with Crippen molar-refractivity contribution in [2.45, 2.75) is 45.1 Å².